The lowest BCUT2D eigenvalue weighted by Gasteiger charge is -2.18. The minimum Gasteiger partial charge on any atom is -0.366 e. The fourth-order valence-electron chi connectivity index (χ4n) is 3.33. The number of hydrogen-bond donors (Lipinski definition) is 1. The van der Waals surface area contributed by atoms with Gasteiger partial charge in [-0.05, 0) is 43.2 Å². The molecule has 0 atom stereocenters. The average Bonchev–Trinajstić information content (AvgIpc) is 3.26. The van der Waals surface area contributed by atoms with Crippen molar-refractivity contribution in [1.29, 1.82) is 0 Å². The van der Waals surface area contributed by atoms with E-state index < -0.39 is 17.9 Å². The van der Waals surface area contributed by atoms with E-state index in [0.717, 1.165) is 11.9 Å². The molecule has 168 valence electrons. The second kappa shape index (κ2) is 8.41. The van der Waals surface area contributed by atoms with Gasteiger partial charge >= 0.3 is 6.18 Å². The molecule has 4 aromatic rings. The van der Waals surface area contributed by atoms with Crippen LogP contribution in [0, 0.1) is 13.8 Å². The first-order valence-electron chi connectivity index (χ1n) is 9.78. The Kier molecular flexibility index (Phi) is 5.62. The number of aryl methyl sites for hydroxylation is 2. The van der Waals surface area contributed by atoms with E-state index in [1.165, 1.54) is 12.1 Å². The van der Waals surface area contributed by atoms with Gasteiger partial charge in [-0.3, -0.25) is 19.7 Å². The number of amides is 1. The van der Waals surface area contributed by atoms with Crippen molar-refractivity contribution in [2.75, 3.05) is 0 Å². The second-order valence-electron chi connectivity index (χ2n) is 7.43. The number of hydrogen-bond acceptors (Lipinski definition) is 6. The molecule has 0 radical (unpaired) electrons. The molecule has 0 bridgehead atoms. The summed E-state index contributed by atoms with van der Waals surface area (Å²) in [5, 5.41) is 3.80. The van der Waals surface area contributed by atoms with Crippen LogP contribution in [-0.4, -0.2) is 35.6 Å². The molecule has 0 aliphatic carbocycles. The molecule has 0 saturated carbocycles. The maximum atomic E-state index is 13.6. The summed E-state index contributed by atoms with van der Waals surface area (Å²) in [6.07, 6.45) is 0.857. The standard InChI is InChI=1S/C22H18F3N7O/c1-12-3-4-18(29-8-12)16-5-14(20(26)33)6-19(32-21(22(23,24)25)30-11-31-32)17(16)7-15-10-27-13(2)9-28-15/h3-6,8-11H,7H2,1-2H3,(H2,26,33). The molecular formula is C22H18F3N7O. The fourth-order valence-corrected chi connectivity index (χ4v) is 3.33. The summed E-state index contributed by atoms with van der Waals surface area (Å²) < 4.78 is 41.6. The predicted octanol–water partition coefficient (Wildman–Crippen LogP) is 3.44. The van der Waals surface area contributed by atoms with E-state index in [1.54, 1.807) is 31.6 Å². The van der Waals surface area contributed by atoms with Crippen LogP contribution in [0.3, 0.4) is 0 Å². The average molecular weight is 453 g/mol. The molecule has 0 spiro atoms. The predicted molar refractivity (Wildman–Crippen MR) is 112 cm³/mol. The van der Waals surface area contributed by atoms with Crippen molar-refractivity contribution in [2.24, 2.45) is 5.73 Å². The van der Waals surface area contributed by atoms with Gasteiger partial charge in [0.25, 0.3) is 0 Å². The lowest BCUT2D eigenvalue weighted by Crippen LogP contribution is -2.18. The third-order valence-corrected chi connectivity index (χ3v) is 4.92. The number of aromatic nitrogens is 6. The molecule has 1 aromatic carbocycles. The molecule has 0 aliphatic rings. The summed E-state index contributed by atoms with van der Waals surface area (Å²) >= 11 is 0. The number of carbonyl (C=O) groups is 1. The topological polar surface area (TPSA) is 112 Å². The van der Waals surface area contributed by atoms with Crippen molar-refractivity contribution >= 4 is 5.91 Å². The van der Waals surface area contributed by atoms with E-state index in [0.29, 0.717) is 32.9 Å². The molecule has 4 rings (SSSR count). The maximum Gasteiger partial charge on any atom is 0.451 e. The summed E-state index contributed by atoms with van der Waals surface area (Å²) in [6, 6.07) is 6.30. The number of nitrogens with zero attached hydrogens (tertiary/aromatic N) is 6. The lowest BCUT2D eigenvalue weighted by atomic mass is 9.94. The molecule has 1 amide bonds. The second-order valence-corrected chi connectivity index (χ2v) is 7.43. The number of pyridine rings is 1. The number of primary amides is 1. The van der Waals surface area contributed by atoms with Crippen molar-refractivity contribution in [3.63, 3.8) is 0 Å². The van der Waals surface area contributed by atoms with Crippen LogP contribution in [0.25, 0.3) is 16.9 Å². The Balaban J connectivity index is 2.03. The lowest BCUT2D eigenvalue weighted by molar-refractivity contribution is -0.146. The van der Waals surface area contributed by atoms with Gasteiger partial charge in [0.05, 0.1) is 22.8 Å². The Hall–Kier alpha value is -4.15. The maximum absolute atomic E-state index is 13.6. The number of alkyl halides is 3. The van der Waals surface area contributed by atoms with Crippen LogP contribution in [-0.2, 0) is 12.6 Å². The first kappa shape index (κ1) is 22.1. The number of nitrogens with two attached hydrogens (primary N) is 1. The highest BCUT2D eigenvalue weighted by Gasteiger charge is 2.38. The molecule has 3 aromatic heterocycles. The van der Waals surface area contributed by atoms with E-state index in [1.807, 2.05) is 13.0 Å². The van der Waals surface area contributed by atoms with Gasteiger partial charge < -0.3 is 5.73 Å². The van der Waals surface area contributed by atoms with Gasteiger partial charge in [-0.25, -0.2) is 9.67 Å². The van der Waals surface area contributed by atoms with Gasteiger partial charge in [0.1, 0.15) is 6.33 Å². The van der Waals surface area contributed by atoms with Gasteiger partial charge in [0.2, 0.25) is 11.7 Å². The molecule has 0 saturated heterocycles. The number of halogens is 3. The summed E-state index contributed by atoms with van der Waals surface area (Å²) in [7, 11) is 0. The Morgan fingerprint density at radius 2 is 1.82 bits per heavy atom. The zero-order valence-corrected chi connectivity index (χ0v) is 17.6. The van der Waals surface area contributed by atoms with E-state index in [4.69, 9.17) is 5.73 Å². The first-order chi connectivity index (χ1) is 15.6. The molecule has 33 heavy (non-hydrogen) atoms. The van der Waals surface area contributed by atoms with E-state index >= 15 is 0 Å². The zero-order chi connectivity index (χ0) is 23.8. The highest BCUT2D eigenvalue weighted by Crippen LogP contribution is 2.34. The van der Waals surface area contributed by atoms with Crippen LogP contribution < -0.4 is 5.73 Å². The van der Waals surface area contributed by atoms with Gasteiger partial charge in [-0.2, -0.15) is 18.3 Å². The summed E-state index contributed by atoms with van der Waals surface area (Å²) in [5.41, 5.74) is 8.88. The normalized spacial score (nSPS) is 11.5. The third-order valence-electron chi connectivity index (χ3n) is 4.92. The Morgan fingerprint density at radius 3 is 2.42 bits per heavy atom. The molecular weight excluding hydrogens is 435 g/mol. The van der Waals surface area contributed by atoms with Crippen LogP contribution in [0.2, 0.25) is 0 Å². The van der Waals surface area contributed by atoms with Gasteiger partial charge in [0.15, 0.2) is 0 Å². The van der Waals surface area contributed by atoms with Gasteiger partial charge in [-0.15, -0.1) is 0 Å². The van der Waals surface area contributed by atoms with Crippen LogP contribution in [0.4, 0.5) is 13.2 Å². The highest BCUT2D eigenvalue weighted by atomic mass is 19.4. The van der Waals surface area contributed by atoms with E-state index in [9.17, 15) is 18.0 Å². The van der Waals surface area contributed by atoms with Crippen LogP contribution in [0.5, 0.6) is 0 Å². The molecule has 3 heterocycles. The molecule has 0 aliphatic heterocycles. The van der Waals surface area contributed by atoms with Crippen molar-refractivity contribution in [3.05, 3.63) is 83.1 Å². The number of benzene rings is 1. The van der Waals surface area contributed by atoms with Crippen molar-refractivity contribution in [3.8, 4) is 16.9 Å². The zero-order valence-electron chi connectivity index (χ0n) is 17.6. The van der Waals surface area contributed by atoms with Crippen LogP contribution in [0.1, 0.15) is 38.7 Å². The number of carbonyl (C=O) groups excluding carboxylic acids is 1. The van der Waals surface area contributed by atoms with Crippen molar-refractivity contribution in [2.45, 2.75) is 26.4 Å². The van der Waals surface area contributed by atoms with Crippen molar-refractivity contribution < 1.29 is 18.0 Å². The van der Waals surface area contributed by atoms with E-state index in [2.05, 4.69) is 25.0 Å². The third kappa shape index (κ3) is 4.56. The highest BCUT2D eigenvalue weighted by molar-refractivity contribution is 5.95. The number of rotatable bonds is 5. The minimum absolute atomic E-state index is 0.00382. The molecule has 8 nitrogen and oxygen atoms in total. The first-order valence-corrected chi connectivity index (χ1v) is 9.78. The summed E-state index contributed by atoms with van der Waals surface area (Å²) in [6.45, 7) is 3.63. The molecule has 0 unspecified atom stereocenters. The summed E-state index contributed by atoms with van der Waals surface area (Å²) in [4.78, 5) is 28.4. The Bertz CT molecular complexity index is 1310. The van der Waals surface area contributed by atoms with Gasteiger partial charge in [0, 0.05) is 36.1 Å². The molecule has 11 heteroatoms. The molecule has 2 N–H and O–H groups in total. The van der Waals surface area contributed by atoms with E-state index in [-0.39, 0.29) is 17.7 Å². The van der Waals surface area contributed by atoms with Crippen molar-refractivity contribution in [1.82, 2.24) is 29.7 Å². The monoisotopic (exact) mass is 453 g/mol. The quantitative estimate of drug-likeness (QED) is 0.495. The minimum atomic E-state index is -4.78. The SMILES string of the molecule is Cc1ccc(-c2cc(C(N)=O)cc(-n3ncnc3C(F)(F)F)c2Cc2cnc(C)cn2)nc1. The summed E-state index contributed by atoms with van der Waals surface area (Å²) in [5.74, 6) is -2.04. The van der Waals surface area contributed by atoms with Gasteiger partial charge in [-0.1, -0.05) is 6.07 Å². The molecule has 0 fully saturated rings. The Labute approximate surface area is 186 Å². The van der Waals surface area contributed by atoms with Crippen LogP contribution in [0.15, 0.2) is 49.2 Å². The largest absolute Gasteiger partial charge is 0.451 e. The smallest absolute Gasteiger partial charge is 0.366 e. The van der Waals surface area contributed by atoms with Crippen LogP contribution >= 0.6 is 0 Å². The fraction of sp³-hybridized carbons (Fsp3) is 0.182. The Morgan fingerprint density at radius 1 is 1.03 bits per heavy atom.